The molecule has 0 saturated carbocycles. The third-order valence-electron chi connectivity index (χ3n) is 5.14. The second-order valence-electron chi connectivity index (χ2n) is 7.17. The molecule has 2 aliphatic heterocycles. The third kappa shape index (κ3) is 4.40. The van der Waals surface area contributed by atoms with Gasteiger partial charge in [0.1, 0.15) is 17.8 Å². The van der Waals surface area contributed by atoms with E-state index in [1.165, 1.54) is 11.8 Å². The molecule has 0 spiro atoms. The minimum atomic E-state index is -0.277. The molecule has 162 valence electrons. The lowest BCUT2D eigenvalue weighted by Crippen LogP contribution is -2.50. The van der Waals surface area contributed by atoms with Gasteiger partial charge in [-0.2, -0.15) is 0 Å². The summed E-state index contributed by atoms with van der Waals surface area (Å²) in [5, 5.41) is 12.8. The molecule has 2 aliphatic rings. The van der Waals surface area contributed by atoms with Crippen molar-refractivity contribution in [1.29, 1.82) is 5.41 Å². The van der Waals surface area contributed by atoms with Crippen molar-refractivity contribution < 1.29 is 9.53 Å². The number of nitrogens with zero attached hydrogens (tertiary/aromatic N) is 2. The number of carbonyl (C=O) groups is 1. The predicted molar refractivity (Wildman–Crippen MR) is 126 cm³/mol. The number of carbonyl (C=O) groups excluding carboxylic acids is 1. The molecule has 4 N–H and O–H groups in total. The van der Waals surface area contributed by atoms with Crippen LogP contribution in [0.3, 0.4) is 0 Å². The molecule has 8 nitrogen and oxygen atoms in total. The zero-order chi connectivity index (χ0) is 22.0. The Morgan fingerprint density at radius 3 is 2.77 bits per heavy atom. The Balaban J connectivity index is 1.56. The number of nitrogens with one attached hydrogen (secondary N) is 4. The summed E-state index contributed by atoms with van der Waals surface area (Å²) in [7, 11) is 1.56. The lowest BCUT2D eigenvalue weighted by atomic mass is 9.97. The van der Waals surface area contributed by atoms with Crippen molar-refractivity contribution in [2.45, 2.75) is 19.1 Å². The summed E-state index contributed by atoms with van der Waals surface area (Å²) in [6.07, 6.45) is -0.277. The van der Waals surface area contributed by atoms with Crippen LogP contribution in [0.25, 0.3) is 0 Å². The maximum Gasteiger partial charge on any atom is 0.234 e. The Bertz CT molecular complexity index is 1030. The number of halogens is 1. The van der Waals surface area contributed by atoms with Crippen LogP contribution in [0.1, 0.15) is 6.92 Å². The van der Waals surface area contributed by atoms with E-state index < -0.39 is 0 Å². The first-order valence-electron chi connectivity index (χ1n) is 9.77. The molecule has 10 heteroatoms. The van der Waals surface area contributed by atoms with E-state index in [0.717, 1.165) is 0 Å². The number of hydrogen-bond donors (Lipinski definition) is 4. The molecule has 0 aliphatic carbocycles. The van der Waals surface area contributed by atoms with E-state index in [-0.39, 0.29) is 29.8 Å². The number of hydrazine groups is 1. The van der Waals surface area contributed by atoms with Gasteiger partial charge in [0.2, 0.25) is 5.91 Å². The molecular weight excluding hydrogens is 436 g/mol. The smallest absolute Gasteiger partial charge is 0.234 e. The molecule has 2 aromatic rings. The van der Waals surface area contributed by atoms with Gasteiger partial charge in [-0.25, -0.2) is 10.4 Å². The predicted octanol–water partition coefficient (Wildman–Crippen LogP) is 3.31. The highest BCUT2D eigenvalue weighted by Gasteiger charge is 2.44. The van der Waals surface area contributed by atoms with E-state index in [9.17, 15) is 4.79 Å². The SMILES string of the molecule is COc1ccccc1NC(=O)CSC1=NC2NNC(C)C2C(=N)N1c1ccccc1Cl. The molecule has 1 saturated heterocycles. The normalized spacial score (nSPS) is 22.7. The number of thioether (sulfide) groups is 1. The van der Waals surface area contributed by atoms with E-state index in [2.05, 4.69) is 16.2 Å². The molecule has 2 aromatic carbocycles. The van der Waals surface area contributed by atoms with E-state index in [0.29, 0.717) is 33.2 Å². The van der Waals surface area contributed by atoms with E-state index >= 15 is 0 Å². The fourth-order valence-electron chi connectivity index (χ4n) is 3.63. The van der Waals surface area contributed by atoms with Gasteiger partial charge in [-0.15, -0.1) is 0 Å². The van der Waals surface area contributed by atoms with Gasteiger partial charge in [-0.3, -0.25) is 20.5 Å². The van der Waals surface area contributed by atoms with Gasteiger partial charge < -0.3 is 10.1 Å². The van der Waals surface area contributed by atoms with Gasteiger partial charge in [0.15, 0.2) is 5.17 Å². The molecule has 1 fully saturated rings. The third-order valence-corrected chi connectivity index (χ3v) is 6.41. The second kappa shape index (κ2) is 9.27. The Kier molecular flexibility index (Phi) is 6.47. The van der Waals surface area contributed by atoms with Crippen molar-refractivity contribution in [1.82, 2.24) is 10.9 Å². The Morgan fingerprint density at radius 2 is 2.00 bits per heavy atom. The fraction of sp³-hybridized carbons (Fsp3) is 0.286. The molecule has 0 aromatic heterocycles. The van der Waals surface area contributed by atoms with E-state index in [1.54, 1.807) is 30.2 Å². The van der Waals surface area contributed by atoms with Crippen molar-refractivity contribution in [3.05, 3.63) is 53.6 Å². The summed E-state index contributed by atoms with van der Waals surface area (Å²) in [5.74, 6) is 0.740. The number of fused-ring (bicyclic) bond motifs is 1. The molecule has 2 heterocycles. The Morgan fingerprint density at radius 1 is 1.26 bits per heavy atom. The van der Waals surface area contributed by atoms with E-state index in [4.69, 9.17) is 26.7 Å². The van der Waals surface area contributed by atoms with Gasteiger partial charge in [0.05, 0.1) is 35.2 Å². The van der Waals surface area contributed by atoms with Gasteiger partial charge >= 0.3 is 0 Å². The minimum Gasteiger partial charge on any atom is -0.495 e. The summed E-state index contributed by atoms with van der Waals surface area (Å²) in [5.41, 5.74) is 7.55. The Labute approximate surface area is 189 Å². The average molecular weight is 459 g/mol. The van der Waals surface area contributed by atoms with Crippen molar-refractivity contribution in [3.63, 3.8) is 0 Å². The number of rotatable bonds is 5. The van der Waals surface area contributed by atoms with Crippen LogP contribution in [0, 0.1) is 11.3 Å². The summed E-state index contributed by atoms with van der Waals surface area (Å²) in [6.45, 7) is 2.01. The van der Waals surface area contributed by atoms with Gasteiger partial charge in [-0.1, -0.05) is 47.6 Å². The number of benzene rings is 2. The van der Waals surface area contributed by atoms with Gasteiger partial charge in [0.25, 0.3) is 0 Å². The molecular formula is C21H23ClN6O2S. The first-order chi connectivity index (χ1) is 15.0. The van der Waals surface area contributed by atoms with Crippen molar-refractivity contribution in [2.75, 3.05) is 23.1 Å². The molecule has 4 rings (SSSR count). The van der Waals surface area contributed by atoms with Crippen LogP contribution < -0.4 is 25.8 Å². The number of anilines is 2. The molecule has 3 atom stereocenters. The second-order valence-corrected chi connectivity index (χ2v) is 8.52. The highest BCUT2D eigenvalue weighted by atomic mass is 35.5. The maximum absolute atomic E-state index is 12.6. The summed E-state index contributed by atoms with van der Waals surface area (Å²) in [6, 6.07) is 14.6. The first-order valence-corrected chi connectivity index (χ1v) is 11.1. The van der Waals surface area contributed by atoms with Crippen LogP contribution in [-0.2, 0) is 4.79 Å². The number of ether oxygens (including phenoxy) is 1. The highest BCUT2D eigenvalue weighted by Crippen LogP contribution is 2.35. The summed E-state index contributed by atoms with van der Waals surface area (Å²) >= 11 is 7.70. The lowest BCUT2D eigenvalue weighted by molar-refractivity contribution is -0.113. The molecule has 1 amide bonds. The van der Waals surface area contributed by atoms with Crippen LogP contribution in [0.2, 0.25) is 5.02 Å². The van der Waals surface area contributed by atoms with Crippen LogP contribution in [0.5, 0.6) is 5.75 Å². The first kappa shape index (κ1) is 21.6. The number of amidine groups is 2. The van der Waals surface area contributed by atoms with Crippen LogP contribution in [0.4, 0.5) is 11.4 Å². The summed E-state index contributed by atoms with van der Waals surface area (Å²) < 4.78 is 5.29. The van der Waals surface area contributed by atoms with Crippen molar-refractivity contribution >= 4 is 51.6 Å². The number of hydrogen-bond acceptors (Lipinski definition) is 7. The molecule has 31 heavy (non-hydrogen) atoms. The standard InChI is InChI=1S/C21H23ClN6O2S/c1-12-18-19(23)28(15-9-5-3-7-13(15)22)21(25-20(18)27-26-12)31-11-17(29)24-14-8-4-6-10-16(14)30-2/h3-10,12,18,20,23,26-27H,11H2,1-2H3,(H,24,29). The monoisotopic (exact) mass is 458 g/mol. The van der Waals surface area contributed by atoms with Gasteiger partial charge in [0, 0.05) is 6.04 Å². The molecule has 3 unspecified atom stereocenters. The van der Waals surface area contributed by atoms with Crippen LogP contribution in [-0.4, -0.2) is 42.0 Å². The summed E-state index contributed by atoms with van der Waals surface area (Å²) in [4.78, 5) is 19.1. The lowest BCUT2D eigenvalue weighted by Gasteiger charge is -2.36. The van der Waals surface area contributed by atoms with Crippen LogP contribution in [0.15, 0.2) is 53.5 Å². The van der Waals surface area contributed by atoms with Crippen LogP contribution >= 0.6 is 23.4 Å². The number of aliphatic imine (C=N–C) groups is 1. The fourth-order valence-corrected chi connectivity index (χ4v) is 4.70. The van der Waals surface area contributed by atoms with Crippen molar-refractivity contribution in [3.8, 4) is 5.75 Å². The average Bonchev–Trinajstić information content (AvgIpc) is 3.14. The Hall–Kier alpha value is -2.59. The minimum absolute atomic E-state index is 0.0339. The number of methoxy groups -OCH3 is 1. The maximum atomic E-state index is 12.6. The molecule has 0 radical (unpaired) electrons. The van der Waals surface area contributed by atoms with Gasteiger partial charge in [-0.05, 0) is 31.2 Å². The largest absolute Gasteiger partial charge is 0.495 e. The zero-order valence-electron chi connectivity index (χ0n) is 17.1. The topological polar surface area (TPSA) is 102 Å². The molecule has 0 bridgehead atoms. The quantitative estimate of drug-likeness (QED) is 0.548. The van der Waals surface area contributed by atoms with Crippen molar-refractivity contribution in [2.24, 2.45) is 10.9 Å². The zero-order valence-corrected chi connectivity index (χ0v) is 18.6. The number of amides is 1. The highest BCUT2D eigenvalue weighted by molar-refractivity contribution is 8.14. The number of para-hydroxylation sites is 3. The van der Waals surface area contributed by atoms with E-state index in [1.807, 2.05) is 37.3 Å².